The summed E-state index contributed by atoms with van der Waals surface area (Å²) in [6.45, 7) is 5.76. The second-order valence-electron chi connectivity index (χ2n) is 5.85. The van der Waals surface area contributed by atoms with Gasteiger partial charge in [0, 0.05) is 12.6 Å². The summed E-state index contributed by atoms with van der Waals surface area (Å²) in [5.74, 6) is -1.30. The summed E-state index contributed by atoms with van der Waals surface area (Å²) >= 11 is 0. The molecule has 0 aromatic heterocycles. The predicted octanol–water partition coefficient (Wildman–Crippen LogP) is 2.18. The zero-order chi connectivity index (χ0) is 15.8. The molecule has 2 rings (SSSR count). The monoisotopic (exact) mass is 311 g/mol. The Bertz CT molecular complexity index is 633. The van der Waals surface area contributed by atoms with Crippen LogP contribution in [0.3, 0.4) is 0 Å². The van der Waals surface area contributed by atoms with E-state index < -0.39 is 21.9 Å². The van der Waals surface area contributed by atoms with Crippen molar-refractivity contribution in [1.82, 2.24) is 4.31 Å². The van der Waals surface area contributed by atoms with Crippen LogP contribution in [0.1, 0.15) is 30.9 Å². The molecule has 1 N–H and O–H groups in total. The lowest BCUT2D eigenvalue weighted by molar-refractivity contribution is -0.143. The number of nitrogens with zero attached hydrogens (tertiary/aromatic N) is 1. The number of piperidine rings is 1. The first-order chi connectivity index (χ1) is 9.71. The Hall–Kier alpha value is -1.40. The molecule has 1 heterocycles. The van der Waals surface area contributed by atoms with Crippen LogP contribution < -0.4 is 0 Å². The number of hydrogen-bond donors (Lipinski definition) is 1. The Morgan fingerprint density at radius 2 is 1.81 bits per heavy atom. The molecule has 0 radical (unpaired) electrons. The summed E-state index contributed by atoms with van der Waals surface area (Å²) in [6.07, 6.45) is 0.725. The summed E-state index contributed by atoms with van der Waals surface area (Å²) in [5.41, 5.74) is 1.81. The van der Waals surface area contributed by atoms with Crippen LogP contribution in [0.15, 0.2) is 23.1 Å². The smallest absolute Gasteiger partial charge is 0.306 e. The molecule has 116 valence electrons. The zero-order valence-corrected chi connectivity index (χ0v) is 13.4. The third-order valence-electron chi connectivity index (χ3n) is 3.97. The minimum Gasteiger partial charge on any atom is -0.481 e. The molecule has 2 atom stereocenters. The Labute approximate surface area is 125 Å². The van der Waals surface area contributed by atoms with Crippen LogP contribution in [0, 0.1) is 19.8 Å². The summed E-state index contributed by atoms with van der Waals surface area (Å²) in [7, 11) is -3.56. The van der Waals surface area contributed by atoms with E-state index in [1.165, 1.54) is 4.31 Å². The fourth-order valence-electron chi connectivity index (χ4n) is 2.95. The number of benzene rings is 1. The second-order valence-corrected chi connectivity index (χ2v) is 7.74. The quantitative estimate of drug-likeness (QED) is 0.928. The first-order valence-electron chi connectivity index (χ1n) is 7.05. The molecule has 5 nitrogen and oxygen atoms in total. The fourth-order valence-corrected chi connectivity index (χ4v) is 4.80. The van der Waals surface area contributed by atoms with Gasteiger partial charge in [-0.1, -0.05) is 6.07 Å². The van der Waals surface area contributed by atoms with Gasteiger partial charge >= 0.3 is 5.97 Å². The van der Waals surface area contributed by atoms with Gasteiger partial charge < -0.3 is 5.11 Å². The molecule has 0 bridgehead atoms. The molecule has 6 heteroatoms. The van der Waals surface area contributed by atoms with Gasteiger partial charge in [-0.25, -0.2) is 8.42 Å². The van der Waals surface area contributed by atoms with E-state index in [-0.39, 0.29) is 12.6 Å². The summed E-state index contributed by atoms with van der Waals surface area (Å²) in [6, 6.07) is 4.96. The summed E-state index contributed by atoms with van der Waals surface area (Å²) in [5, 5.41) is 9.07. The van der Waals surface area contributed by atoms with Gasteiger partial charge in [0.1, 0.15) is 0 Å². The minimum absolute atomic E-state index is 0.257. The number of rotatable bonds is 3. The van der Waals surface area contributed by atoms with Crippen molar-refractivity contribution in [2.75, 3.05) is 6.54 Å². The third kappa shape index (κ3) is 3.27. The molecule has 2 unspecified atom stereocenters. The van der Waals surface area contributed by atoms with Crippen molar-refractivity contribution in [2.45, 2.75) is 44.6 Å². The van der Waals surface area contributed by atoms with Gasteiger partial charge in [0.25, 0.3) is 0 Å². The molecule has 1 aromatic carbocycles. The number of carbonyl (C=O) groups is 1. The molecule has 1 fully saturated rings. The van der Waals surface area contributed by atoms with Gasteiger partial charge in [-0.2, -0.15) is 4.31 Å². The van der Waals surface area contributed by atoms with Gasteiger partial charge in [-0.15, -0.1) is 0 Å². The lowest BCUT2D eigenvalue weighted by atomic mass is 9.93. The van der Waals surface area contributed by atoms with Gasteiger partial charge in [-0.3, -0.25) is 4.79 Å². The van der Waals surface area contributed by atoms with E-state index in [0.717, 1.165) is 11.1 Å². The molecule has 0 amide bonds. The molecule has 1 aromatic rings. The molecule has 21 heavy (non-hydrogen) atoms. The number of carboxylic acid groups (broad SMARTS) is 1. The fraction of sp³-hybridized carbons (Fsp3) is 0.533. The van der Waals surface area contributed by atoms with E-state index in [1.54, 1.807) is 19.1 Å². The molecule has 1 aliphatic rings. The molecule has 0 aliphatic carbocycles. The number of sulfonamides is 1. The average molecular weight is 311 g/mol. The predicted molar refractivity (Wildman–Crippen MR) is 79.6 cm³/mol. The highest BCUT2D eigenvalue weighted by atomic mass is 32.2. The van der Waals surface area contributed by atoms with Crippen molar-refractivity contribution in [3.8, 4) is 0 Å². The maximum atomic E-state index is 12.8. The maximum absolute atomic E-state index is 12.8. The normalized spacial score (nSPS) is 24.0. The Kier molecular flexibility index (Phi) is 4.39. The van der Waals surface area contributed by atoms with Crippen LogP contribution in [-0.4, -0.2) is 36.4 Å². The van der Waals surface area contributed by atoms with Crippen LogP contribution in [0.4, 0.5) is 0 Å². The first kappa shape index (κ1) is 16.0. The average Bonchev–Trinajstić information content (AvgIpc) is 2.36. The van der Waals surface area contributed by atoms with E-state index >= 15 is 0 Å². The summed E-state index contributed by atoms with van der Waals surface area (Å²) < 4.78 is 26.9. The van der Waals surface area contributed by atoms with E-state index in [4.69, 9.17) is 5.11 Å². The van der Waals surface area contributed by atoms with Gasteiger partial charge in [0.2, 0.25) is 10.0 Å². The molecule has 0 saturated carbocycles. The second kappa shape index (κ2) is 5.77. The lowest BCUT2D eigenvalue weighted by Gasteiger charge is -2.35. The number of aryl methyl sites for hydroxylation is 2. The standard InChI is InChI=1S/C15H21NO4S/c1-10-6-11(2)8-14(7-10)21(19,20)16-5-4-13(15(17)18)9-12(16)3/h6-8,12-13H,4-5,9H2,1-3H3,(H,17,18). The van der Waals surface area contributed by atoms with Crippen LogP contribution in [0.25, 0.3) is 0 Å². The Balaban J connectivity index is 2.30. The van der Waals surface area contributed by atoms with Crippen molar-refractivity contribution >= 4 is 16.0 Å². The zero-order valence-electron chi connectivity index (χ0n) is 12.5. The van der Waals surface area contributed by atoms with Crippen LogP contribution in [-0.2, 0) is 14.8 Å². The highest BCUT2D eigenvalue weighted by Crippen LogP contribution is 2.29. The Morgan fingerprint density at radius 1 is 1.24 bits per heavy atom. The van der Waals surface area contributed by atoms with Gasteiger partial charge in [0.05, 0.1) is 10.8 Å². The minimum atomic E-state index is -3.56. The molecular formula is C15H21NO4S. The van der Waals surface area contributed by atoms with Crippen molar-refractivity contribution in [3.63, 3.8) is 0 Å². The number of carboxylic acids is 1. The van der Waals surface area contributed by atoms with Crippen molar-refractivity contribution in [2.24, 2.45) is 5.92 Å². The first-order valence-corrected chi connectivity index (χ1v) is 8.49. The largest absolute Gasteiger partial charge is 0.481 e. The van der Waals surface area contributed by atoms with Crippen molar-refractivity contribution in [3.05, 3.63) is 29.3 Å². The number of aliphatic carboxylic acids is 1. The van der Waals surface area contributed by atoms with E-state index in [0.29, 0.717) is 17.7 Å². The molecule has 1 aliphatic heterocycles. The van der Waals surface area contributed by atoms with E-state index in [2.05, 4.69) is 0 Å². The molecule has 1 saturated heterocycles. The number of hydrogen-bond acceptors (Lipinski definition) is 3. The molecular weight excluding hydrogens is 290 g/mol. The molecule has 0 spiro atoms. The van der Waals surface area contributed by atoms with E-state index in [1.807, 2.05) is 19.9 Å². The highest BCUT2D eigenvalue weighted by molar-refractivity contribution is 7.89. The van der Waals surface area contributed by atoms with E-state index in [9.17, 15) is 13.2 Å². The Morgan fingerprint density at radius 3 is 2.29 bits per heavy atom. The lowest BCUT2D eigenvalue weighted by Crippen LogP contribution is -2.45. The topological polar surface area (TPSA) is 74.7 Å². The SMILES string of the molecule is Cc1cc(C)cc(S(=O)(=O)N2CCC(C(=O)O)CC2C)c1. The summed E-state index contributed by atoms with van der Waals surface area (Å²) in [4.78, 5) is 11.3. The van der Waals surface area contributed by atoms with Gasteiger partial charge in [0.15, 0.2) is 0 Å². The van der Waals surface area contributed by atoms with Crippen molar-refractivity contribution in [1.29, 1.82) is 0 Å². The van der Waals surface area contributed by atoms with Crippen LogP contribution in [0.2, 0.25) is 0 Å². The van der Waals surface area contributed by atoms with Crippen LogP contribution >= 0.6 is 0 Å². The highest BCUT2D eigenvalue weighted by Gasteiger charge is 2.36. The maximum Gasteiger partial charge on any atom is 0.306 e. The van der Waals surface area contributed by atoms with Gasteiger partial charge in [-0.05, 0) is 56.9 Å². The van der Waals surface area contributed by atoms with Crippen LogP contribution in [0.5, 0.6) is 0 Å². The third-order valence-corrected chi connectivity index (χ3v) is 5.96. The van der Waals surface area contributed by atoms with Crippen molar-refractivity contribution < 1.29 is 18.3 Å².